The van der Waals surface area contributed by atoms with E-state index in [1.54, 1.807) is 10.7 Å². The van der Waals surface area contributed by atoms with E-state index in [0.29, 0.717) is 37.9 Å². The Kier molecular flexibility index (Phi) is 6.13. The number of aliphatic hydroxyl groups is 1. The molecule has 2 heterocycles. The number of rotatable bonds is 6. The van der Waals surface area contributed by atoms with Crippen molar-refractivity contribution in [1.29, 1.82) is 0 Å². The summed E-state index contributed by atoms with van der Waals surface area (Å²) in [6.45, 7) is 4.76. The van der Waals surface area contributed by atoms with Gasteiger partial charge in [0, 0.05) is 37.6 Å². The van der Waals surface area contributed by atoms with E-state index in [1.165, 1.54) is 0 Å². The van der Waals surface area contributed by atoms with Gasteiger partial charge in [0.1, 0.15) is 0 Å². The first kappa shape index (κ1) is 20.1. The van der Waals surface area contributed by atoms with Crippen LogP contribution >= 0.6 is 0 Å². The zero-order valence-corrected chi connectivity index (χ0v) is 16.6. The summed E-state index contributed by atoms with van der Waals surface area (Å²) in [5, 5.41) is 24.1. The fourth-order valence-electron chi connectivity index (χ4n) is 3.59. The van der Waals surface area contributed by atoms with E-state index in [4.69, 9.17) is 0 Å². The molecule has 1 saturated carbocycles. The second-order valence-electron chi connectivity index (χ2n) is 7.50. The molecule has 3 N–H and O–H groups in total. The van der Waals surface area contributed by atoms with Crippen molar-refractivity contribution in [3.63, 3.8) is 0 Å². The van der Waals surface area contributed by atoms with E-state index in [1.807, 2.05) is 37.9 Å². The molecule has 9 nitrogen and oxygen atoms in total. The van der Waals surface area contributed by atoms with Gasteiger partial charge in [0.05, 0.1) is 29.9 Å². The van der Waals surface area contributed by atoms with Crippen LogP contribution in [0.3, 0.4) is 0 Å². The predicted octanol–water partition coefficient (Wildman–Crippen LogP) is 0.309. The van der Waals surface area contributed by atoms with Crippen LogP contribution < -0.4 is 10.6 Å². The predicted molar refractivity (Wildman–Crippen MR) is 103 cm³/mol. The first-order chi connectivity index (χ1) is 13.3. The molecule has 0 aliphatic heterocycles. The number of aromatic nitrogens is 4. The zero-order valence-electron chi connectivity index (χ0n) is 16.6. The monoisotopic (exact) mass is 388 g/mol. The molecule has 0 unspecified atom stereocenters. The van der Waals surface area contributed by atoms with Crippen LogP contribution in [0, 0.1) is 19.8 Å². The zero-order chi connectivity index (χ0) is 20.3. The average molecular weight is 388 g/mol. The van der Waals surface area contributed by atoms with Gasteiger partial charge >= 0.3 is 0 Å². The Bertz CT molecular complexity index is 843. The number of nitrogens with one attached hydrogen (secondary N) is 2. The summed E-state index contributed by atoms with van der Waals surface area (Å²) >= 11 is 0. The molecular formula is C19H28N6O3. The van der Waals surface area contributed by atoms with Crippen molar-refractivity contribution in [3.8, 4) is 0 Å². The van der Waals surface area contributed by atoms with Gasteiger partial charge in [0.2, 0.25) is 5.91 Å². The van der Waals surface area contributed by atoms with Crippen LogP contribution in [0.4, 0.5) is 0 Å². The molecule has 0 saturated heterocycles. The molecular weight excluding hydrogens is 360 g/mol. The van der Waals surface area contributed by atoms with E-state index >= 15 is 0 Å². The molecule has 2 amide bonds. The van der Waals surface area contributed by atoms with E-state index < -0.39 is 6.10 Å². The van der Waals surface area contributed by atoms with Crippen LogP contribution in [0.1, 0.15) is 41.0 Å². The number of hydrogen-bond donors (Lipinski definition) is 3. The number of hydrogen-bond acceptors (Lipinski definition) is 5. The minimum Gasteiger partial charge on any atom is -0.391 e. The van der Waals surface area contributed by atoms with Gasteiger partial charge in [-0.25, -0.2) is 0 Å². The SMILES string of the molecule is Cc1cn(CCNC(=O)[C@H]2CC[C@H](NC(=O)c3ccn(C)c3C)[C@@H](O)C2)nn1. The number of aryl methyl sites for hydroxylation is 2. The molecule has 28 heavy (non-hydrogen) atoms. The molecule has 0 spiro atoms. The minimum absolute atomic E-state index is 0.0698. The summed E-state index contributed by atoms with van der Waals surface area (Å²) in [4.78, 5) is 24.8. The summed E-state index contributed by atoms with van der Waals surface area (Å²) in [7, 11) is 1.88. The fourth-order valence-corrected chi connectivity index (χ4v) is 3.59. The van der Waals surface area contributed by atoms with E-state index in [0.717, 1.165) is 11.4 Å². The van der Waals surface area contributed by atoms with Crippen LogP contribution in [-0.4, -0.2) is 55.2 Å². The molecule has 1 fully saturated rings. The van der Waals surface area contributed by atoms with Crippen molar-refractivity contribution >= 4 is 11.8 Å². The molecule has 1 aliphatic carbocycles. The Hall–Kier alpha value is -2.68. The van der Waals surface area contributed by atoms with E-state index in [9.17, 15) is 14.7 Å². The highest BCUT2D eigenvalue weighted by atomic mass is 16.3. The maximum Gasteiger partial charge on any atom is 0.253 e. The van der Waals surface area contributed by atoms with Crippen LogP contribution in [0.15, 0.2) is 18.5 Å². The molecule has 0 bridgehead atoms. The number of amides is 2. The summed E-state index contributed by atoms with van der Waals surface area (Å²) in [6.07, 6.45) is 4.45. The third kappa shape index (κ3) is 4.59. The maximum atomic E-state index is 12.5. The lowest BCUT2D eigenvalue weighted by atomic mass is 9.83. The topological polar surface area (TPSA) is 114 Å². The smallest absolute Gasteiger partial charge is 0.253 e. The lowest BCUT2D eigenvalue weighted by molar-refractivity contribution is -0.127. The van der Waals surface area contributed by atoms with Gasteiger partial charge < -0.3 is 20.3 Å². The first-order valence-electron chi connectivity index (χ1n) is 9.60. The Labute approximate surface area is 164 Å². The van der Waals surface area contributed by atoms with Crippen molar-refractivity contribution < 1.29 is 14.7 Å². The van der Waals surface area contributed by atoms with Crippen molar-refractivity contribution in [2.75, 3.05) is 6.54 Å². The fraction of sp³-hybridized carbons (Fsp3) is 0.579. The van der Waals surface area contributed by atoms with Crippen molar-refractivity contribution in [1.82, 2.24) is 30.2 Å². The van der Waals surface area contributed by atoms with Crippen LogP contribution in [0.25, 0.3) is 0 Å². The van der Waals surface area contributed by atoms with Crippen molar-refractivity contribution in [2.24, 2.45) is 13.0 Å². The highest BCUT2D eigenvalue weighted by molar-refractivity contribution is 5.95. The quantitative estimate of drug-likeness (QED) is 0.659. The van der Waals surface area contributed by atoms with Gasteiger partial charge in [-0.3, -0.25) is 14.3 Å². The summed E-state index contributed by atoms with van der Waals surface area (Å²) in [5.41, 5.74) is 2.32. The summed E-state index contributed by atoms with van der Waals surface area (Å²) in [6, 6.07) is 1.43. The van der Waals surface area contributed by atoms with Gasteiger partial charge in [-0.15, -0.1) is 5.10 Å². The molecule has 0 radical (unpaired) electrons. The van der Waals surface area contributed by atoms with Gasteiger partial charge in [-0.1, -0.05) is 5.21 Å². The highest BCUT2D eigenvalue weighted by Crippen LogP contribution is 2.25. The van der Waals surface area contributed by atoms with Crippen molar-refractivity contribution in [3.05, 3.63) is 35.4 Å². The number of aliphatic hydroxyl groups excluding tert-OH is 1. The largest absolute Gasteiger partial charge is 0.391 e. The standard InChI is InChI=1S/C19H28N6O3/c1-12-11-25(23-22-12)9-7-20-18(27)14-4-5-16(17(26)10-14)21-19(28)15-6-8-24(3)13(15)2/h6,8,11,14,16-17,26H,4-5,7,9-10H2,1-3H3,(H,20,27)(H,21,28)/t14-,16-,17-/m0/s1. The highest BCUT2D eigenvalue weighted by Gasteiger charge is 2.33. The Morgan fingerprint density at radius 2 is 2.11 bits per heavy atom. The lowest BCUT2D eigenvalue weighted by Gasteiger charge is -2.33. The van der Waals surface area contributed by atoms with Crippen LogP contribution in [0.5, 0.6) is 0 Å². The summed E-state index contributed by atoms with van der Waals surface area (Å²) < 4.78 is 3.57. The molecule has 2 aromatic rings. The molecule has 1 aliphatic rings. The van der Waals surface area contributed by atoms with Crippen LogP contribution in [0.2, 0.25) is 0 Å². The Morgan fingerprint density at radius 1 is 1.32 bits per heavy atom. The molecule has 3 atom stereocenters. The lowest BCUT2D eigenvalue weighted by Crippen LogP contribution is -2.49. The Balaban J connectivity index is 1.45. The van der Waals surface area contributed by atoms with Gasteiger partial charge in [0.15, 0.2) is 0 Å². The van der Waals surface area contributed by atoms with Crippen molar-refractivity contribution in [2.45, 2.75) is 51.8 Å². The normalized spacial score (nSPS) is 22.1. The van der Waals surface area contributed by atoms with Gasteiger partial charge in [-0.05, 0) is 39.2 Å². The second kappa shape index (κ2) is 8.55. The molecule has 152 valence electrons. The first-order valence-corrected chi connectivity index (χ1v) is 9.60. The summed E-state index contributed by atoms with van der Waals surface area (Å²) in [5.74, 6) is -0.508. The second-order valence-corrected chi connectivity index (χ2v) is 7.50. The van der Waals surface area contributed by atoms with Gasteiger partial charge in [-0.2, -0.15) is 0 Å². The molecule has 0 aromatic carbocycles. The third-order valence-corrected chi connectivity index (χ3v) is 5.43. The average Bonchev–Trinajstić information content (AvgIpc) is 3.22. The number of carbonyl (C=O) groups excluding carboxylic acids is 2. The Morgan fingerprint density at radius 3 is 2.71 bits per heavy atom. The van der Waals surface area contributed by atoms with E-state index in [-0.39, 0.29) is 23.8 Å². The minimum atomic E-state index is -0.740. The maximum absolute atomic E-state index is 12.5. The van der Waals surface area contributed by atoms with Gasteiger partial charge in [0.25, 0.3) is 5.91 Å². The molecule has 2 aromatic heterocycles. The van der Waals surface area contributed by atoms with E-state index in [2.05, 4.69) is 20.9 Å². The third-order valence-electron chi connectivity index (χ3n) is 5.43. The molecule has 9 heteroatoms. The number of carbonyl (C=O) groups is 2. The van der Waals surface area contributed by atoms with Crippen LogP contribution in [-0.2, 0) is 18.4 Å². The molecule has 3 rings (SSSR count). The number of nitrogens with zero attached hydrogens (tertiary/aromatic N) is 4.